The van der Waals surface area contributed by atoms with Gasteiger partial charge in [0.15, 0.2) is 0 Å². The normalized spacial score (nSPS) is 17.2. The van der Waals surface area contributed by atoms with Crippen LogP contribution in [0.2, 0.25) is 0 Å². The monoisotopic (exact) mass is 318 g/mol. The molecule has 1 atom stereocenters. The molecule has 4 nitrogen and oxygen atoms in total. The van der Waals surface area contributed by atoms with Crippen LogP contribution >= 0.6 is 11.3 Å². The first kappa shape index (κ1) is 15.3. The molecule has 0 aliphatic carbocycles. The summed E-state index contributed by atoms with van der Waals surface area (Å²) in [4.78, 5) is 2.51. The van der Waals surface area contributed by atoms with Crippen molar-refractivity contribution in [3.05, 3.63) is 46.2 Å². The van der Waals surface area contributed by atoms with Crippen molar-refractivity contribution >= 4 is 11.3 Å². The van der Waals surface area contributed by atoms with Gasteiger partial charge >= 0.3 is 0 Å². The minimum absolute atomic E-state index is 0.207. The van der Waals surface area contributed by atoms with Crippen molar-refractivity contribution in [2.45, 2.75) is 6.04 Å². The number of hydrogen-bond donors (Lipinski definition) is 1. The number of nitrogens with zero attached hydrogens (tertiary/aromatic N) is 1. The third kappa shape index (κ3) is 3.11. The molecule has 2 heterocycles. The fourth-order valence-electron chi connectivity index (χ4n) is 3.01. The molecule has 0 radical (unpaired) electrons. The molecule has 1 unspecified atom stereocenters. The number of nitrogens with one attached hydrogen (secondary N) is 1. The Balaban J connectivity index is 2.04. The van der Waals surface area contributed by atoms with Crippen molar-refractivity contribution in [2.75, 3.05) is 40.4 Å². The average Bonchev–Trinajstić information content (AvgIpc) is 3.10. The van der Waals surface area contributed by atoms with Crippen LogP contribution in [-0.2, 0) is 0 Å². The summed E-state index contributed by atoms with van der Waals surface area (Å²) in [7, 11) is 3.43. The predicted octanol–water partition coefficient (Wildman–Crippen LogP) is 2.76. The van der Waals surface area contributed by atoms with Crippen LogP contribution in [0, 0.1) is 0 Å². The van der Waals surface area contributed by atoms with E-state index >= 15 is 0 Å². The lowest BCUT2D eigenvalue weighted by Gasteiger charge is -2.35. The van der Waals surface area contributed by atoms with Gasteiger partial charge in [-0.05, 0) is 40.6 Å². The van der Waals surface area contributed by atoms with Crippen LogP contribution in [-0.4, -0.2) is 45.3 Å². The standard InChI is InChI=1S/C17H22N2O2S/c1-20-14-3-4-16(21-2)15(11-14)17(13-5-10-22-12-13)19-8-6-18-7-9-19/h3-5,10-12,17-18H,6-9H2,1-2H3. The van der Waals surface area contributed by atoms with Gasteiger partial charge in [-0.1, -0.05) is 0 Å². The summed E-state index contributed by atoms with van der Waals surface area (Å²) in [6.45, 7) is 4.10. The second-order valence-corrected chi connectivity index (χ2v) is 6.13. The highest BCUT2D eigenvalue weighted by Gasteiger charge is 2.27. The van der Waals surface area contributed by atoms with Crippen LogP contribution in [0.25, 0.3) is 0 Å². The smallest absolute Gasteiger partial charge is 0.124 e. The highest BCUT2D eigenvalue weighted by molar-refractivity contribution is 7.08. The van der Waals surface area contributed by atoms with E-state index in [0.29, 0.717) is 0 Å². The molecule has 2 aromatic rings. The summed E-state index contributed by atoms with van der Waals surface area (Å²) in [6.07, 6.45) is 0. The lowest BCUT2D eigenvalue weighted by Crippen LogP contribution is -2.45. The fraction of sp³-hybridized carbons (Fsp3) is 0.412. The molecule has 0 bridgehead atoms. The van der Waals surface area contributed by atoms with E-state index < -0.39 is 0 Å². The number of benzene rings is 1. The molecule has 0 saturated carbocycles. The maximum Gasteiger partial charge on any atom is 0.124 e. The summed E-state index contributed by atoms with van der Waals surface area (Å²) in [5, 5.41) is 7.79. The van der Waals surface area contributed by atoms with E-state index in [2.05, 4.69) is 33.1 Å². The van der Waals surface area contributed by atoms with Crippen molar-refractivity contribution in [2.24, 2.45) is 0 Å². The zero-order chi connectivity index (χ0) is 15.4. The number of piperazine rings is 1. The Kier molecular flexibility index (Phi) is 4.97. The van der Waals surface area contributed by atoms with Gasteiger partial charge in [0.25, 0.3) is 0 Å². The number of hydrogen-bond acceptors (Lipinski definition) is 5. The van der Waals surface area contributed by atoms with Crippen molar-refractivity contribution in [3.8, 4) is 11.5 Å². The first-order chi connectivity index (χ1) is 10.8. The molecule has 1 aromatic carbocycles. The molecular weight excluding hydrogens is 296 g/mol. The number of ether oxygens (including phenoxy) is 2. The molecule has 0 amide bonds. The number of rotatable bonds is 5. The van der Waals surface area contributed by atoms with Gasteiger partial charge in [0.05, 0.1) is 20.3 Å². The molecule has 1 aliphatic heterocycles. The second kappa shape index (κ2) is 7.13. The Morgan fingerprint density at radius 2 is 1.95 bits per heavy atom. The highest BCUT2D eigenvalue weighted by atomic mass is 32.1. The molecule has 22 heavy (non-hydrogen) atoms. The van der Waals surface area contributed by atoms with E-state index in [0.717, 1.165) is 37.7 Å². The molecule has 1 saturated heterocycles. The van der Waals surface area contributed by atoms with E-state index in [1.807, 2.05) is 12.1 Å². The van der Waals surface area contributed by atoms with Crippen LogP contribution in [0.5, 0.6) is 11.5 Å². The predicted molar refractivity (Wildman–Crippen MR) is 90.2 cm³/mol. The summed E-state index contributed by atoms with van der Waals surface area (Å²) in [5.74, 6) is 1.78. The Hall–Kier alpha value is -1.56. The quantitative estimate of drug-likeness (QED) is 0.919. The minimum Gasteiger partial charge on any atom is -0.497 e. The van der Waals surface area contributed by atoms with Gasteiger partial charge in [-0.3, -0.25) is 4.90 Å². The third-order valence-electron chi connectivity index (χ3n) is 4.11. The van der Waals surface area contributed by atoms with Gasteiger partial charge in [-0.25, -0.2) is 0 Å². The Morgan fingerprint density at radius 3 is 2.59 bits per heavy atom. The Morgan fingerprint density at radius 1 is 1.14 bits per heavy atom. The molecule has 3 rings (SSSR count). The van der Waals surface area contributed by atoms with E-state index in [-0.39, 0.29) is 6.04 Å². The molecule has 0 spiro atoms. The van der Waals surface area contributed by atoms with E-state index in [1.165, 1.54) is 11.1 Å². The largest absolute Gasteiger partial charge is 0.497 e. The van der Waals surface area contributed by atoms with Gasteiger partial charge in [-0.2, -0.15) is 11.3 Å². The van der Waals surface area contributed by atoms with Crippen molar-refractivity contribution in [1.29, 1.82) is 0 Å². The topological polar surface area (TPSA) is 33.7 Å². The van der Waals surface area contributed by atoms with Crippen molar-refractivity contribution in [1.82, 2.24) is 10.2 Å². The average molecular weight is 318 g/mol. The summed E-state index contributed by atoms with van der Waals surface area (Å²) in [6, 6.07) is 8.46. The first-order valence-electron chi connectivity index (χ1n) is 7.52. The Labute approximate surface area is 135 Å². The van der Waals surface area contributed by atoms with Gasteiger partial charge < -0.3 is 14.8 Å². The number of thiophene rings is 1. The van der Waals surface area contributed by atoms with Gasteiger partial charge in [0, 0.05) is 31.7 Å². The first-order valence-corrected chi connectivity index (χ1v) is 8.46. The maximum absolute atomic E-state index is 5.62. The van der Waals surface area contributed by atoms with Crippen molar-refractivity contribution < 1.29 is 9.47 Å². The van der Waals surface area contributed by atoms with Crippen LogP contribution in [0.1, 0.15) is 17.2 Å². The SMILES string of the molecule is COc1ccc(OC)c(C(c2ccsc2)N2CCNCC2)c1. The lowest BCUT2D eigenvalue weighted by molar-refractivity contribution is 0.195. The van der Waals surface area contributed by atoms with E-state index in [9.17, 15) is 0 Å². The van der Waals surface area contributed by atoms with E-state index in [1.54, 1.807) is 25.6 Å². The van der Waals surface area contributed by atoms with E-state index in [4.69, 9.17) is 9.47 Å². The third-order valence-corrected chi connectivity index (χ3v) is 4.81. The molecule has 1 aliphatic rings. The summed E-state index contributed by atoms with van der Waals surface area (Å²) >= 11 is 1.74. The number of methoxy groups -OCH3 is 2. The van der Waals surface area contributed by atoms with Gasteiger partial charge in [0.1, 0.15) is 11.5 Å². The van der Waals surface area contributed by atoms with Crippen LogP contribution in [0.3, 0.4) is 0 Å². The zero-order valence-electron chi connectivity index (χ0n) is 13.0. The highest BCUT2D eigenvalue weighted by Crippen LogP contribution is 2.37. The molecule has 1 N–H and O–H groups in total. The maximum atomic E-state index is 5.62. The van der Waals surface area contributed by atoms with Crippen LogP contribution in [0.4, 0.5) is 0 Å². The van der Waals surface area contributed by atoms with Gasteiger partial charge in [0.2, 0.25) is 0 Å². The zero-order valence-corrected chi connectivity index (χ0v) is 13.9. The molecular formula is C17H22N2O2S. The summed E-state index contributed by atoms with van der Waals surface area (Å²) in [5.41, 5.74) is 2.49. The molecule has 118 valence electrons. The Bertz CT molecular complexity index is 595. The van der Waals surface area contributed by atoms with Crippen LogP contribution in [0.15, 0.2) is 35.0 Å². The molecule has 5 heteroatoms. The molecule has 1 aromatic heterocycles. The fourth-order valence-corrected chi connectivity index (χ4v) is 3.69. The van der Waals surface area contributed by atoms with Gasteiger partial charge in [-0.15, -0.1) is 0 Å². The minimum atomic E-state index is 0.207. The lowest BCUT2D eigenvalue weighted by atomic mass is 9.97. The summed E-state index contributed by atoms with van der Waals surface area (Å²) < 4.78 is 11.0. The van der Waals surface area contributed by atoms with Crippen LogP contribution < -0.4 is 14.8 Å². The van der Waals surface area contributed by atoms with Crippen molar-refractivity contribution in [3.63, 3.8) is 0 Å². The molecule has 1 fully saturated rings. The second-order valence-electron chi connectivity index (χ2n) is 5.35.